The number of nitrogens with zero attached hydrogens (tertiary/aromatic N) is 1. The molecule has 6 nitrogen and oxygen atoms in total. The Morgan fingerprint density at radius 3 is 2.61 bits per heavy atom. The summed E-state index contributed by atoms with van der Waals surface area (Å²) in [5.74, 6) is 1.11. The van der Waals surface area contributed by atoms with Crippen LogP contribution in [0.4, 0.5) is 5.69 Å². The molecule has 1 aromatic rings. The third-order valence-corrected chi connectivity index (χ3v) is 4.48. The van der Waals surface area contributed by atoms with Gasteiger partial charge in [0.1, 0.15) is 13.2 Å². The van der Waals surface area contributed by atoms with Crippen molar-refractivity contribution in [3.8, 4) is 11.5 Å². The van der Waals surface area contributed by atoms with E-state index in [0.29, 0.717) is 30.4 Å². The fraction of sp³-hybridized carbons (Fsp3) is 0.455. The highest BCUT2D eigenvalue weighted by molar-refractivity contribution is 7.92. The molecule has 1 aliphatic heterocycles. The lowest BCUT2D eigenvalue weighted by molar-refractivity contribution is 0.171. The van der Waals surface area contributed by atoms with E-state index in [9.17, 15) is 8.42 Å². The van der Waals surface area contributed by atoms with E-state index in [4.69, 9.17) is 15.2 Å². The topological polar surface area (TPSA) is 81.9 Å². The van der Waals surface area contributed by atoms with E-state index < -0.39 is 10.0 Å². The monoisotopic (exact) mass is 272 g/mol. The molecule has 0 amide bonds. The first-order chi connectivity index (χ1) is 8.54. The van der Waals surface area contributed by atoms with Gasteiger partial charge in [-0.15, -0.1) is 0 Å². The molecule has 2 N–H and O–H groups in total. The van der Waals surface area contributed by atoms with E-state index in [0.717, 1.165) is 0 Å². The second-order valence-electron chi connectivity index (χ2n) is 3.90. The molecular weight excluding hydrogens is 256 g/mol. The van der Waals surface area contributed by atoms with Crippen molar-refractivity contribution >= 4 is 15.7 Å². The van der Waals surface area contributed by atoms with Crippen molar-refractivity contribution in [2.24, 2.45) is 5.73 Å². The summed E-state index contributed by atoms with van der Waals surface area (Å²) >= 11 is 0. The van der Waals surface area contributed by atoms with Crippen LogP contribution in [0.2, 0.25) is 0 Å². The molecule has 7 heteroatoms. The number of benzene rings is 1. The fourth-order valence-corrected chi connectivity index (χ4v) is 2.68. The predicted octanol–water partition coefficient (Wildman–Crippen LogP) is 0.182. The highest BCUT2D eigenvalue weighted by Crippen LogP contribution is 2.34. The summed E-state index contributed by atoms with van der Waals surface area (Å²) in [5.41, 5.74) is 5.83. The highest BCUT2D eigenvalue weighted by Gasteiger charge is 2.20. The van der Waals surface area contributed by atoms with Gasteiger partial charge >= 0.3 is 0 Å². The van der Waals surface area contributed by atoms with Crippen LogP contribution in [0.25, 0.3) is 0 Å². The molecule has 0 radical (unpaired) electrons. The first kappa shape index (κ1) is 13.0. The van der Waals surface area contributed by atoms with Gasteiger partial charge in [-0.25, -0.2) is 8.42 Å². The first-order valence-corrected chi connectivity index (χ1v) is 7.22. The molecule has 1 aromatic carbocycles. The average Bonchev–Trinajstić information content (AvgIpc) is 2.37. The van der Waals surface area contributed by atoms with E-state index in [-0.39, 0.29) is 12.3 Å². The van der Waals surface area contributed by atoms with E-state index >= 15 is 0 Å². The van der Waals surface area contributed by atoms with E-state index in [2.05, 4.69) is 0 Å². The van der Waals surface area contributed by atoms with Crippen molar-refractivity contribution < 1.29 is 17.9 Å². The van der Waals surface area contributed by atoms with Crippen molar-refractivity contribution in [2.45, 2.75) is 0 Å². The second kappa shape index (κ2) is 5.03. The van der Waals surface area contributed by atoms with E-state index in [1.165, 1.54) is 11.4 Å². The summed E-state index contributed by atoms with van der Waals surface area (Å²) in [6, 6.07) is 5.04. The van der Waals surface area contributed by atoms with Gasteiger partial charge in [-0.1, -0.05) is 0 Å². The molecule has 0 bridgehead atoms. The Morgan fingerprint density at radius 2 is 1.94 bits per heavy atom. The normalized spacial score (nSPS) is 14.3. The number of fused-ring (bicyclic) bond motifs is 1. The second-order valence-corrected chi connectivity index (χ2v) is 6.02. The van der Waals surface area contributed by atoms with Crippen LogP contribution in [0.1, 0.15) is 0 Å². The average molecular weight is 272 g/mol. The molecule has 0 spiro atoms. The molecule has 0 unspecified atom stereocenters. The zero-order valence-electron chi connectivity index (χ0n) is 10.1. The third kappa shape index (κ3) is 2.51. The summed E-state index contributed by atoms with van der Waals surface area (Å²) in [6.45, 7) is 1.07. The Morgan fingerprint density at radius 1 is 1.28 bits per heavy atom. The Labute approximate surface area is 106 Å². The Kier molecular flexibility index (Phi) is 3.63. The van der Waals surface area contributed by atoms with Gasteiger partial charge in [-0.05, 0) is 12.1 Å². The molecule has 0 fully saturated rings. The lowest BCUT2D eigenvalue weighted by Crippen LogP contribution is -2.32. The fourth-order valence-electron chi connectivity index (χ4n) is 1.67. The number of sulfonamides is 1. The Bertz CT molecular complexity index is 530. The van der Waals surface area contributed by atoms with Crippen LogP contribution in [0.15, 0.2) is 18.2 Å². The highest BCUT2D eigenvalue weighted by atomic mass is 32.2. The van der Waals surface area contributed by atoms with Gasteiger partial charge in [0.2, 0.25) is 10.0 Å². The molecule has 18 heavy (non-hydrogen) atoms. The maximum absolute atomic E-state index is 11.9. The van der Waals surface area contributed by atoms with Crippen molar-refractivity contribution in [1.82, 2.24) is 0 Å². The maximum Gasteiger partial charge on any atom is 0.236 e. The van der Waals surface area contributed by atoms with E-state index in [1.807, 2.05) is 0 Å². The van der Waals surface area contributed by atoms with Crippen LogP contribution in [0.3, 0.4) is 0 Å². The number of nitrogens with two attached hydrogens (primary N) is 1. The quantitative estimate of drug-likeness (QED) is 0.845. The number of rotatable bonds is 4. The Balaban J connectivity index is 2.29. The summed E-state index contributed by atoms with van der Waals surface area (Å²) in [7, 11) is -1.88. The minimum atomic E-state index is -3.38. The molecule has 0 aromatic heterocycles. The SMILES string of the molecule is CN(c1ccc2c(c1)OCCO2)S(=O)(=O)CCN. The van der Waals surface area contributed by atoms with Gasteiger partial charge in [0, 0.05) is 19.7 Å². The van der Waals surface area contributed by atoms with Gasteiger partial charge in [-0.3, -0.25) is 4.31 Å². The zero-order valence-corrected chi connectivity index (χ0v) is 10.9. The summed E-state index contributed by atoms with van der Waals surface area (Å²) in [6.07, 6.45) is 0. The van der Waals surface area contributed by atoms with Gasteiger partial charge in [0.25, 0.3) is 0 Å². The lowest BCUT2D eigenvalue weighted by atomic mass is 10.2. The number of hydrogen-bond donors (Lipinski definition) is 1. The molecule has 0 atom stereocenters. The van der Waals surface area contributed by atoms with Gasteiger partial charge in [-0.2, -0.15) is 0 Å². The lowest BCUT2D eigenvalue weighted by Gasteiger charge is -2.23. The first-order valence-electron chi connectivity index (χ1n) is 5.61. The number of ether oxygens (including phenoxy) is 2. The molecule has 0 saturated carbocycles. The number of anilines is 1. The summed E-state index contributed by atoms with van der Waals surface area (Å²) < 4.78 is 35.7. The smallest absolute Gasteiger partial charge is 0.236 e. The van der Waals surface area contributed by atoms with Crippen molar-refractivity contribution in [1.29, 1.82) is 0 Å². The molecule has 100 valence electrons. The molecule has 1 aliphatic rings. The minimum absolute atomic E-state index is 0.0854. The van der Waals surface area contributed by atoms with E-state index in [1.54, 1.807) is 18.2 Å². The molecule has 0 aliphatic carbocycles. The van der Waals surface area contributed by atoms with Crippen molar-refractivity contribution in [2.75, 3.05) is 36.9 Å². The Hall–Kier alpha value is -1.47. The molecule has 1 heterocycles. The van der Waals surface area contributed by atoms with Crippen molar-refractivity contribution in [3.05, 3.63) is 18.2 Å². The van der Waals surface area contributed by atoms with Gasteiger partial charge in [0.05, 0.1) is 11.4 Å². The van der Waals surface area contributed by atoms with Crippen LogP contribution in [0, 0.1) is 0 Å². The van der Waals surface area contributed by atoms with Crippen LogP contribution >= 0.6 is 0 Å². The zero-order chi connectivity index (χ0) is 13.2. The van der Waals surface area contributed by atoms with Crippen LogP contribution in [-0.2, 0) is 10.0 Å². The van der Waals surface area contributed by atoms with Crippen LogP contribution in [0.5, 0.6) is 11.5 Å². The largest absolute Gasteiger partial charge is 0.486 e. The predicted molar refractivity (Wildman–Crippen MR) is 68.7 cm³/mol. The van der Waals surface area contributed by atoms with Crippen LogP contribution in [-0.4, -0.2) is 41.0 Å². The van der Waals surface area contributed by atoms with Crippen LogP contribution < -0.4 is 19.5 Å². The van der Waals surface area contributed by atoms with Crippen molar-refractivity contribution in [3.63, 3.8) is 0 Å². The summed E-state index contributed by atoms with van der Waals surface area (Å²) in [5, 5.41) is 0. The van der Waals surface area contributed by atoms with Gasteiger partial charge < -0.3 is 15.2 Å². The van der Waals surface area contributed by atoms with Gasteiger partial charge in [0.15, 0.2) is 11.5 Å². The third-order valence-electron chi connectivity index (χ3n) is 2.68. The summed E-state index contributed by atoms with van der Waals surface area (Å²) in [4.78, 5) is 0. The molecule has 2 rings (SSSR count). The molecule has 0 saturated heterocycles. The number of hydrogen-bond acceptors (Lipinski definition) is 5. The standard InChI is InChI=1S/C11H16N2O4S/c1-13(18(14,15)7-4-12)9-2-3-10-11(8-9)17-6-5-16-10/h2-3,8H,4-7,12H2,1H3. The molecular formula is C11H16N2O4S. The maximum atomic E-state index is 11.9. The minimum Gasteiger partial charge on any atom is -0.486 e.